The van der Waals surface area contributed by atoms with E-state index in [-0.39, 0.29) is 19.1 Å². The number of methoxy groups -OCH3 is 1. The smallest absolute Gasteiger partial charge is 0.221 e. The summed E-state index contributed by atoms with van der Waals surface area (Å²) in [6.07, 6.45) is 3.09. The van der Waals surface area contributed by atoms with E-state index in [1.54, 1.807) is 13.2 Å². The Bertz CT molecular complexity index is 513. The van der Waals surface area contributed by atoms with Crippen molar-refractivity contribution in [2.45, 2.75) is 32.6 Å². The normalized spacial score (nSPS) is 10.5. The summed E-state index contributed by atoms with van der Waals surface area (Å²) < 4.78 is 5.45. The molecule has 0 atom stereocenters. The van der Waals surface area contributed by atoms with Gasteiger partial charge in [-0.1, -0.05) is 0 Å². The van der Waals surface area contributed by atoms with Crippen LogP contribution in [0.2, 0.25) is 0 Å². The van der Waals surface area contributed by atoms with Crippen LogP contribution in [0.1, 0.15) is 32.6 Å². The van der Waals surface area contributed by atoms with E-state index < -0.39 is 0 Å². The van der Waals surface area contributed by atoms with Gasteiger partial charge in [-0.25, -0.2) is 0 Å². The van der Waals surface area contributed by atoms with Crippen LogP contribution in [-0.2, 0) is 4.79 Å². The van der Waals surface area contributed by atoms with Crippen LogP contribution in [0.4, 0.5) is 17.1 Å². The molecule has 0 bridgehead atoms. The van der Waals surface area contributed by atoms with Crippen LogP contribution in [0.25, 0.3) is 0 Å². The van der Waals surface area contributed by atoms with Gasteiger partial charge in [-0.05, 0) is 31.7 Å². The van der Waals surface area contributed by atoms with Crippen LogP contribution in [-0.4, -0.2) is 49.5 Å². The molecule has 7 nitrogen and oxygen atoms in total. The molecule has 1 amide bonds. The second-order valence-electron chi connectivity index (χ2n) is 5.64. The molecule has 0 radical (unpaired) electrons. The molecule has 0 saturated heterocycles. The van der Waals surface area contributed by atoms with Gasteiger partial charge < -0.3 is 30.9 Å². The van der Waals surface area contributed by atoms with Gasteiger partial charge in [0, 0.05) is 39.3 Å². The SMILES string of the molecule is COc1cc(N)c(NC(C)=O)cc1N(CCCCO)CCCCO. The lowest BCUT2D eigenvalue weighted by molar-refractivity contribution is -0.114. The van der Waals surface area contributed by atoms with Gasteiger partial charge in [-0.3, -0.25) is 4.79 Å². The minimum absolute atomic E-state index is 0.153. The van der Waals surface area contributed by atoms with Gasteiger partial charge in [0.15, 0.2) is 0 Å². The number of carbonyl (C=O) groups excluding carboxylic acids is 1. The van der Waals surface area contributed by atoms with E-state index in [9.17, 15) is 4.79 Å². The summed E-state index contributed by atoms with van der Waals surface area (Å²) in [5, 5.41) is 20.7. The average Bonchev–Trinajstić information content (AvgIpc) is 2.55. The zero-order chi connectivity index (χ0) is 17.9. The van der Waals surface area contributed by atoms with Crippen molar-refractivity contribution in [3.8, 4) is 5.75 Å². The molecule has 1 rings (SSSR count). The molecule has 0 aliphatic carbocycles. The molecule has 0 aromatic heterocycles. The van der Waals surface area contributed by atoms with Gasteiger partial charge in [0.25, 0.3) is 0 Å². The molecule has 5 N–H and O–H groups in total. The third kappa shape index (κ3) is 6.25. The van der Waals surface area contributed by atoms with Gasteiger partial charge in [0.2, 0.25) is 5.91 Å². The molecule has 24 heavy (non-hydrogen) atoms. The van der Waals surface area contributed by atoms with Crippen LogP contribution in [0, 0.1) is 0 Å². The first-order chi connectivity index (χ1) is 11.5. The van der Waals surface area contributed by atoms with Crippen molar-refractivity contribution in [1.29, 1.82) is 0 Å². The van der Waals surface area contributed by atoms with Crippen LogP contribution in [0.15, 0.2) is 12.1 Å². The highest BCUT2D eigenvalue weighted by Crippen LogP contribution is 2.36. The Morgan fingerprint density at radius 1 is 1.17 bits per heavy atom. The average molecular weight is 339 g/mol. The standard InChI is InChI=1S/C17H29N3O4/c1-13(23)19-15-12-16(17(24-2)11-14(15)18)20(7-3-5-9-21)8-4-6-10-22/h11-12,21-22H,3-10,18H2,1-2H3,(H,19,23). The van der Waals surface area contributed by atoms with Crippen LogP contribution < -0.4 is 20.7 Å². The Labute approximate surface area is 143 Å². The van der Waals surface area contributed by atoms with E-state index in [2.05, 4.69) is 10.2 Å². The largest absolute Gasteiger partial charge is 0.495 e. The van der Waals surface area contributed by atoms with Crippen molar-refractivity contribution in [3.05, 3.63) is 12.1 Å². The summed E-state index contributed by atoms with van der Waals surface area (Å²) in [7, 11) is 1.58. The molecular formula is C17H29N3O4. The highest BCUT2D eigenvalue weighted by atomic mass is 16.5. The Balaban J connectivity index is 3.08. The van der Waals surface area contributed by atoms with Gasteiger partial charge >= 0.3 is 0 Å². The highest BCUT2D eigenvalue weighted by Gasteiger charge is 2.15. The van der Waals surface area contributed by atoms with E-state index in [1.165, 1.54) is 6.92 Å². The molecule has 1 aromatic carbocycles. The second-order valence-corrected chi connectivity index (χ2v) is 5.64. The quantitative estimate of drug-likeness (QED) is 0.360. The van der Waals surface area contributed by atoms with E-state index >= 15 is 0 Å². The topological polar surface area (TPSA) is 108 Å². The highest BCUT2D eigenvalue weighted by molar-refractivity contribution is 5.94. The fraction of sp³-hybridized carbons (Fsp3) is 0.588. The van der Waals surface area contributed by atoms with Crippen LogP contribution >= 0.6 is 0 Å². The Morgan fingerprint density at radius 2 is 1.75 bits per heavy atom. The number of ether oxygens (including phenoxy) is 1. The van der Waals surface area contributed by atoms with E-state index in [1.807, 2.05) is 6.07 Å². The number of carbonyl (C=O) groups is 1. The van der Waals surface area contributed by atoms with Crippen molar-refractivity contribution < 1.29 is 19.7 Å². The monoisotopic (exact) mass is 339 g/mol. The zero-order valence-corrected chi connectivity index (χ0v) is 14.5. The molecule has 0 heterocycles. The number of aliphatic hydroxyl groups excluding tert-OH is 2. The number of hydrogen-bond donors (Lipinski definition) is 4. The lowest BCUT2D eigenvalue weighted by atomic mass is 10.1. The number of nitrogens with zero attached hydrogens (tertiary/aromatic N) is 1. The minimum atomic E-state index is -0.190. The summed E-state index contributed by atoms with van der Waals surface area (Å²) in [5.41, 5.74) is 7.81. The predicted molar refractivity (Wildman–Crippen MR) is 96.6 cm³/mol. The summed E-state index contributed by atoms with van der Waals surface area (Å²) in [6.45, 7) is 3.22. The van der Waals surface area contributed by atoms with Crippen LogP contribution in [0.5, 0.6) is 5.75 Å². The van der Waals surface area contributed by atoms with E-state index in [0.29, 0.717) is 30.0 Å². The van der Waals surface area contributed by atoms with Gasteiger partial charge in [0.05, 0.1) is 24.2 Å². The third-order valence-electron chi connectivity index (χ3n) is 3.67. The fourth-order valence-corrected chi connectivity index (χ4v) is 2.47. The predicted octanol–water partition coefficient (Wildman–Crippen LogP) is 1.59. The van der Waals surface area contributed by atoms with E-state index in [4.69, 9.17) is 20.7 Å². The molecule has 0 fully saturated rings. The number of nitrogens with one attached hydrogen (secondary N) is 1. The van der Waals surface area contributed by atoms with Crippen molar-refractivity contribution >= 4 is 23.0 Å². The first-order valence-electron chi connectivity index (χ1n) is 8.25. The summed E-state index contributed by atoms with van der Waals surface area (Å²) in [5.74, 6) is 0.444. The first kappa shape index (κ1) is 20.1. The maximum atomic E-state index is 11.4. The summed E-state index contributed by atoms with van der Waals surface area (Å²) in [6, 6.07) is 3.51. The Kier molecular flexibility index (Phi) is 8.96. The zero-order valence-electron chi connectivity index (χ0n) is 14.5. The summed E-state index contributed by atoms with van der Waals surface area (Å²) >= 11 is 0. The van der Waals surface area contributed by atoms with Gasteiger partial charge in [-0.2, -0.15) is 0 Å². The molecule has 7 heteroatoms. The number of nitrogen functional groups attached to an aromatic ring is 1. The van der Waals surface area contributed by atoms with Crippen LogP contribution in [0.3, 0.4) is 0 Å². The maximum Gasteiger partial charge on any atom is 0.221 e. The van der Waals surface area contributed by atoms with Crippen molar-refractivity contribution in [2.24, 2.45) is 0 Å². The number of benzene rings is 1. The number of unbranched alkanes of at least 4 members (excludes halogenated alkanes) is 2. The molecule has 0 unspecified atom stereocenters. The fourth-order valence-electron chi connectivity index (χ4n) is 2.47. The van der Waals surface area contributed by atoms with Gasteiger partial charge in [-0.15, -0.1) is 0 Å². The molecular weight excluding hydrogens is 310 g/mol. The summed E-state index contributed by atoms with van der Waals surface area (Å²) in [4.78, 5) is 13.5. The molecule has 0 saturated carbocycles. The number of anilines is 3. The number of nitrogens with two attached hydrogens (primary N) is 1. The van der Waals surface area contributed by atoms with E-state index in [0.717, 1.165) is 31.6 Å². The van der Waals surface area contributed by atoms with Crippen molar-refractivity contribution in [1.82, 2.24) is 0 Å². The molecule has 1 aromatic rings. The lowest BCUT2D eigenvalue weighted by Crippen LogP contribution is -2.27. The Hall–Kier alpha value is -1.99. The Morgan fingerprint density at radius 3 is 2.21 bits per heavy atom. The molecule has 0 aliphatic rings. The number of aliphatic hydroxyl groups is 2. The minimum Gasteiger partial charge on any atom is -0.495 e. The molecule has 136 valence electrons. The lowest BCUT2D eigenvalue weighted by Gasteiger charge is -2.27. The third-order valence-corrected chi connectivity index (χ3v) is 3.67. The number of hydrogen-bond acceptors (Lipinski definition) is 6. The number of amides is 1. The van der Waals surface area contributed by atoms with Gasteiger partial charge in [0.1, 0.15) is 5.75 Å². The first-order valence-corrected chi connectivity index (χ1v) is 8.25. The van der Waals surface area contributed by atoms with Crippen molar-refractivity contribution in [2.75, 3.05) is 49.4 Å². The second kappa shape index (κ2) is 10.7. The molecule has 0 spiro atoms. The maximum absolute atomic E-state index is 11.4. The molecule has 0 aliphatic heterocycles. The van der Waals surface area contributed by atoms with Crippen molar-refractivity contribution in [3.63, 3.8) is 0 Å². The number of rotatable bonds is 11.